The molecule has 1 unspecified atom stereocenters. The Morgan fingerprint density at radius 3 is 2.71 bits per heavy atom. The molecule has 2 atom stereocenters. The number of halogens is 1. The number of ether oxygens (including phenoxy) is 1. The van der Waals surface area contributed by atoms with E-state index in [2.05, 4.69) is 0 Å². The Morgan fingerprint density at radius 2 is 2.18 bits per heavy atom. The molecule has 3 N–H and O–H groups in total. The Morgan fingerprint density at radius 1 is 1.53 bits per heavy atom. The maximum Gasteiger partial charge on any atom is 0.223 e. The highest BCUT2D eigenvalue weighted by atomic mass is 19.1. The highest BCUT2D eigenvalue weighted by molar-refractivity contribution is 5.76. The van der Waals surface area contributed by atoms with E-state index < -0.39 is 23.7 Å². The maximum atomic E-state index is 13.0. The molecule has 0 aliphatic rings. The smallest absolute Gasteiger partial charge is 0.223 e. The van der Waals surface area contributed by atoms with Crippen molar-refractivity contribution in [3.8, 4) is 5.75 Å². The van der Waals surface area contributed by atoms with E-state index in [1.807, 2.05) is 0 Å². The van der Waals surface area contributed by atoms with Crippen LogP contribution < -0.4 is 10.5 Å². The van der Waals surface area contributed by atoms with Crippen LogP contribution in [-0.4, -0.2) is 17.6 Å². The monoisotopic (exact) mass is 241 g/mol. The van der Waals surface area contributed by atoms with Gasteiger partial charge >= 0.3 is 0 Å². The molecule has 17 heavy (non-hydrogen) atoms. The first-order chi connectivity index (χ1) is 7.91. The summed E-state index contributed by atoms with van der Waals surface area (Å²) >= 11 is 0. The number of carbonyl (C=O) groups excluding carboxylic acids is 1. The average molecular weight is 241 g/mol. The minimum Gasteiger partial charge on any atom is -0.492 e. The molecular formula is C12H16FNO3. The van der Waals surface area contributed by atoms with Gasteiger partial charge in [-0.2, -0.15) is 0 Å². The Bertz CT molecular complexity index is 407. The van der Waals surface area contributed by atoms with Crippen LogP contribution in [-0.2, 0) is 4.79 Å². The van der Waals surface area contributed by atoms with Gasteiger partial charge in [-0.3, -0.25) is 4.79 Å². The average Bonchev–Trinajstić information content (AvgIpc) is 2.25. The standard InChI is InChI=1S/C12H16FNO3/c1-7(12(14)16)6-17-11-5-9(13)3-4-10(11)8(2)15/h3-5,7-8,15H,6H2,1-2H3,(H2,14,16)/t7?,8-/m0/s1. The largest absolute Gasteiger partial charge is 0.492 e. The maximum absolute atomic E-state index is 13.0. The molecule has 1 aromatic carbocycles. The van der Waals surface area contributed by atoms with Crippen molar-refractivity contribution in [2.24, 2.45) is 11.7 Å². The lowest BCUT2D eigenvalue weighted by molar-refractivity contribution is -0.122. The Labute approximate surface area is 99.2 Å². The molecule has 1 amide bonds. The number of aliphatic hydroxyl groups is 1. The molecule has 0 spiro atoms. The predicted molar refractivity (Wildman–Crippen MR) is 60.9 cm³/mol. The van der Waals surface area contributed by atoms with E-state index in [1.165, 1.54) is 18.2 Å². The summed E-state index contributed by atoms with van der Waals surface area (Å²) in [5, 5.41) is 9.48. The number of rotatable bonds is 5. The first-order valence-electron chi connectivity index (χ1n) is 5.31. The van der Waals surface area contributed by atoms with E-state index in [0.29, 0.717) is 5.56 Å². The summed E-state index contributed by atoms with van der Waals surface area (Å²) in [6, 6.07) is 3.87. The first kappa shape index (κ1) is 13.4. The third-order valence-corrected chi connectivity index (χ3v) is 2.40. The van der Waals surface area contributed by atoms with Gasteiger partial charge in [-0.1, -0.05) is 6.92 Å². The van der Waals surface area contributed by atoms with Crippen molar-refractivity contribution in [1.82, 2.24) is 0 Å². The zero-order valence-electron chi connectivity index (χ0n) is 9.81. The molecule has 1 rings (SSSR count). The van der Waals surface area contributed by atoms with Gasteiger partial charge in [0.1, 0.15) is 11.6 Å². The quantitative estimate of drug-likeness (QED) is 0.818. The molecule has 0 aromatic heterocycles. The lowest BCUT2D eigenvalue weighted by atomic mass is 10.1. The van der Waals surface area contributed by atoms with E-state index in [-0.39, 0.29) is 12.4 Å². The third kappa shape index (κ3) is 3.71. The molecule has 5 heteroatoms. The van der Waals surface area contributed by atoms with Gasteiger partial charge in [-0.15, -0.1) is 0 Å². The number of hydrogen-bond donors (Lipinski definition) is 2. The fourth-order valence-electron chi connectivity index (χ4n) is 1.28. The van der Waals surface area contributed by atoms with Crippen molar-refractivity contribution >= 4 is 5.91 Å². The Kier molecular flexibility index (Phi) is 4.45. The van der Waals surface area contributed by atoms with Gasteiger partial charge < -0.3 is 15.6 Å². The summed E-state index contributed by atoms with van der Waals surface area (Å²) in [6.45, 7) is 3.22. The van der Waals surface area contributed by atoms with Gasteiger partial charge in [0, 0.05) is 11.6 Å². The fourth-order valence-corrected chi connectivity index (χ4v) is 1.28. The summed E-state index contributed by atoms with van der Waals surface area (Å²) < 4.78 is 18.3. The lowest BCUT2D eigenvalue weighted by Crippen LogP contribution is -2.26. The van der Waals surface area contributed by atoms with Gasteiger partial charge in [-0.05, 0) is 19.1 Å². The summed E-state index contributed by atoms with van der Waals surface area (Å²) in [4.78, 5) is 10.8. The minimum atomic E-state index is -0.769. The SMILES string of the molecule is CC(COc1cc(F)ccc1[C@H](C)O)C(N)=O. The molecule has 94 valence electrons. The van der Waals surface area contributed by atoms with E-state index in [4.69, 9.17) is 10.5 Å². The molecule has 0 fully saturated rings. The highest BCUT2D eigenvalue weighted by Crippen LogP contribution is 2.26. The molecule has 0 saturated carbocycles. The van der Waals surface area contributed by atoms with Gasteiger partial charge in [0.15, 0.2) is 0 Å². The van der Waals surface area contributed by atoms with E-state index in [1.54, 1.807) is 13.8 Å². The predicted octanol–water partition coefficient (Wildman–Crippen LogP) is 1.38. The van der Waals surface area contributed by atoms with Gasteiger partial charge in [-0.25, -0.2) is 4.39 Å². The summed E-state index contributed by atoms with van der Waals surface area (Å²) in [5.41, 5.74) is 5.56. The molecule has 0 aliphatic carbocycles. The van der Waals surface area contributed by atoms with E-state index >= 15 is 0 Å². The second-order valence-electron chi connectivity index (χ2n) is 3.97. The number of amides is 1. The van der Waals surface area contributed by atoms with Crippen molar-refractivity contribution in [3.05, 3.63) is 29.6 Å². The zero-order valence-corrected chi connectivity index (χ0v) is 9.81. The van der Waals surface area contributed by atoms with E-state index in [0.717, 1.165) is 0 Å². The number of carbonyl (C=O) groups is 1. The van der Waals surface area contributed by atoms with Crippen molar-refractivity contribution in [2.75, 3.05) is 6.61 Å². The van der Waals surface area contributed by atoms with Crippen LogP contribution in [0.4, 0.5) is 4.39 Å². The molecule has 0 bridgehead atoms. The first-order valence-corrected chi connectivity index (χ1v) is 5.31. The van der Waals surface area contributed by atoms with Crippen LogP contribution in [0.5, 0.6) is 5.75 Å². The van der Waals surface area contributed by atoms with Crippen molar-refractivity contribution in [1.29, 1.82) is 0 Å². The number of primary amides is 1. The topological polar surface area (TPSA) is 72.6 Å². The van der Waals surface area contributed by atoms with Crippen LogP contribution in [0, 0.1) is 11.7 Å². The lowest BCUT2D eigenvalue weighted by Gasteiger charge is -2.15. The fraction of sp³-hybridized carbons (Fsp3) is 0.417. The van der Waals surface area contributed by atoms with Gasteiger partial charge in [0.2, 0.25) is 5.91 Å². The van der Waals surface area contributed by atoms with Gasteiger partial charge in [0.05, 0.1) is 18.6 Å². The van der Waals surface area contributed by atoms with Crippen LogP contribution in [0.25, 0.3) is 0 Å². The second-order valence-corrected chi connectivity index (χ2v) is 3.97. The van der Waals surface area contributed by atoms with Crippen LogP contribution >= 0.6 is 0 Å². The molecule has 0 heterocycles. The van der Waals surface area contributed by atoms with Crippen molar-refractivity contribution in [2.45, 2.75) is 20.0 Å². The third-order valence-electron chi connectivity index (χ3n) is 2.40. The number of nitrogens with two attached hydrogens (primary N) is 1. The number of benzene rings is 1. The van der Waals surface area contributed by atoms with E-state index in [9.17, 15) is 14.3 Å². The van der Waals surface area contributed by atoms with Crippen LogP contribution in [0.15, 0.2) is 18.2 Å². The van der Waals surface area contributed by atoms with Crippen LogP contribution in [0.2, 0.25) is 0 Å². The summed E-state index contributed by atoms with van der Waals surface area (Å²) in [6.07, 6.45) is -0.769. The Balaban J connectivity index is 2.82. The molecule has 1 aromatic rings. The molecule has 0 aliphatic heterocycles. The zero-order chi connectivity index (χ0) is 13.0. The second kappa shape index (κ2) is 5.63. The molecule has 4 nitrogen and oxygen atoms in total. The van der Waals surface area contributed by atoms with Crippen molar-refractivity contribution < 1.29 is 19.0 Å². The Hall–Kier alpha value is -1.62. The summed E-state index contributed by atoms with van der Waals surface area (Å²) in [7, 11) is 0. The molecule has 0 saturated heterocycles. The normalized spacial score (nSPS) is 14.1. The van der Waals surface area contributed by atoms with Crippen LogP contribution in [0.1, 0.15) is 25.5 Å². The van der Waals surface area contributed by atoms with Crippen LogP contribution in [0.3, 0.4) is 0 Å². The minimum absolute atomic E-state index is 0.0541. The molecular weight excluding hydrogens is 225 g/mol. The summed E-state index contributed by atoms with van der Waals surface area (Å²) in [5.74, 6) is -1.19. The highest BCUT2D eigenvalue weighted by Gasteiger charge is 2.14. The van der Waals surface area contributed by atoms with Crippen molar-refractivity contribution in [3.63, 3.8) is 0 Å². The van der Waals surface area contributed by atoms with Gasteiger partial charge in [0.25, 0.3) is 0 Å². The number of hydrogen-bond acceptors (Lipinski definition) is 3. The molecule has 0 radical (unpaired) electrons. The number of aliphatic hydroxyl groups excluding tert-OH is 1.